The van der Waals surface area contributed by atoms with Crippen LogP contribution in [0.4, 0.5) is 0 Å². The Balaban J connectivity index is 2.37. The summed E-state index contributed by atoms with van der Waals surface area (Å²) in [7, 11) is 1.96. The second-order valence-corrected chi connectivity index (χ2v) is 5.79. The van der Waals surface area contributed by atoms with Gasteiger partial charge >= 0.3 is 0 Å². The summed E-state index contributed by atoms with van der Waals surface area (Å²) in [6.45, 7) is 8.39. The van der Waals surface area contributed by atoms with Gasteiger partial charge in [-0.3, -0.25) is 4.79 Å². The monoisotopic (exact) mass is 269 g/mol. The second kappa shape index (κ2) is 8.54. The van der Waals surface area contributed by atoms with Crippen molar-refractivity contribution in [1.82, 2.24) is 9.80 Å². The molecule has 1 amide bonds. The molecule has 4 heteroatoms. The third kappa shape index (κ3) is 5.11. The number of amides is 1. The molecule has 1 unspecified atom stereocenters. The molecule has 1 heterocycles. The van der Waals surface area contributed by atoms with Gasteiger partial charge in [0.25, 0.3) is 0 Å². The molecule has 0 bridgehead atoms. The van der Waals surface area contributed by atoms with Crippen LogP contribution in [-0.4, -0.2) is 55.0 Å². The van der Waals surface area contributed by atoms with Crippen molar-refractivity contribution in [3.8, 4) is 0 Å². The van der Waals surface area contributed by atoms with Gasteiger partial charge in [-0.1, -0.05) is 20.3 Å². The van der Waals surface area contributed by atoms with E-state index in [0.29, 0.717) is 24.9 Å². The number of carbonyl (C=O) groups is 1. The van der Waals surface area contributed by atoms with Gasteiger partial charge in [0.15, 0.2) is 0 Å². The van der Waals surface area contributed by atoms with Crippen molar-refractivity contribution in [3.05, 3.63) is 0 Å². The molecule has 1 fully saturated rings. The molecule has 1 rings (SSSR count). The highest BCUT2D eigenvalue weighted by Gasteiger charge is 2.25. The highest BCUT2D eigenvalue weighted by atomic mass is 16.2. The van der Waals surface area contributed by atoms with E-state index in [-0.39, 0.29) is 5.91 Å². The van der Waals surface area contributed by atoms with Gasteiger partial charge in [0.1, 0.15) is 0 Å². The summed E-state index contributed by atoms with van der Waals surface area (Å²) in [5.74, 6) is 0.612. The Kier molecular flexibility index (Phi) is 7.39. The van der Waals surface area contributed by atoms with Gasteiger partial charge in [-0.15, -0.1) is 0 Å². The van der Waals surface area contributed by atoms with Crippen LogP contribution < -0.4 is 5.73 Å². The molecule has 0 aromatic heterocycles. The fourth-order valence-corrected chi connectivity index (χ4v) is 2.84. The number of nitrogens with two attached hydrogens (primary N) is 1. The van der Waals surface area contributed by atoms with Crippen molar-refractivity contribution in [1.29, 1.82) is 0 Å². The molecule has 0 radical (unpaired) electrons. The smallest absolute Gasteiger partial charge is 0.222 e. The van der Waals surface area contributed by atoms with E-state index in [1.165, 1.54) is 13.0 Å². The first-order valence-electron chi connectivity index (χ1n) is 7.80. The van der Waals surface area contributed by atoms with E-state index in [0.717, 1.165) is 32.4 Å². The third-order valence-electron chi connectivity index (χ3n) is 4.41. The van der Waals surface area contributed by atoms with Crippen LogP contribution in [-0.2, 0) is 4.79 Å². The summed E-state index contributed by atoms with van der Waals surface area (Å²) in [5.41, 5.74) is 5.68. The minimum Gasteiger partial charge on any atom is -0.343 e. The van der Waals surface area contributed by atoms with Gasteiger partial charge in [0.2, 0.25) is 5.91 Å². The minimum absolute atomic E-state index is 0.270. The Morgan fingerprint density at radius 2 is 2.00 bits per heavy atom. The molecular weight excluding hydrogens is 238 g/mol. The predicted molar refractivity (Wildman–Crippen MR) is 80.0 cm³/mol. The lowest BCUT2D eigenvalue weighted by Crippen LogP contribution is -2.46. The topological polar surface area (TPSA) is 49.6 Å². The average molecular weight is 269 g/mol. The molecule has 0 saturated carbocycles. The number of hydrogen-bond acceptors (Lipinski definition) is 3. The van der Waals surface area contributed by atoms with Crippen LogP contribution in [0.5, 0.6) is 0 Å². The van der Waals surface area contributed by atoms with E-state index in [4.69, 9.17) is 5.73 Å². The van der Waals surface area contributed by atoms with Crippen molar-refractivity contribution in [3.63, 3.8) is 0 Å². The molecule has 0 spiro atoms. The fourth-order valence-electron chi connectivity index (χ4n) is 2.84. The zero-order valence-electron chi connectivity index (χ0n) is 12.9. The maximum Gasteiger partial charge on any atom is 0.222 e. The number of hydrogen-bond donors (Lipinski definition) is 1. The minimum atomic E-state index is 0.270. The summed E-state index contributed by atoms with van der Waals surface area (Å²) in [4.78, 5) is 16.7. The van der Waals surface area contributed by atoms with Gasteiger partial charge < -0.3 is 15.5 Å². The number of piperidine rings is 1. The van der Waals surface area contributed by atoms with Crippen LogP contribution in [0, 0.1) is 5.92 Å². The molecule has 0 aromatic carbocycles. The summed E-state index contributed by atoms with van der Waals surface area (Å²) >= 11 is 0. The van der Waals surface area contributed by atoms with E-state index in [1.807, 2.05) is 11.9 Å². The molecule has 112 valence electrons. The van der Waals surface area contributed by atoms with Gasteiger partial charge in [-0.05, 0) is 38.3 Å². The summed E-state index contributed by atoms with van der Waals surface area (Å²) in [6.07, 6.45) is 5.04. The zero-order valence-corrected chi connectivity index (χ0v) is 12.9. The molecule has 1 aliphatic rings. The zero-order chi connectivity index (χ0) is 14.3. The number of rotatable bonds is 7. The molecule has 0 aromatic rings. The molecule has 0 aliphatic carbocycles. The van der Waals surface area contributed by atoms with Crippen molar-refractivity contribution < 1.29 is 4.79 Å². The highest BCUT2D eigenvalue weighted by Crippen LogP contribution is 2.18. The molecular formula is C15H31N3O. The Bertz CT molecular complexity index is 258. The SMILES string of the molecule is CCCN1CCC(N(C)C(=O)CC(CC)CN)CC1. The van der Waals surface area contributed by atoms with Crippen molar-refractivity contribution in [2.45, 2.75) is 52.0 Å². The van der Waals surface area contributed by atoms with E-state index in [1.54, 1.807) is 0 Å². The van der Waals surface area contributed by atoms with Gasteiger partial charge in [-0.2, -0.15) is 0 Å². The summed E-state index contributed by atoms with van der Waals surface area (Å²) in [5, 5.41) is 0. The molecule has 1 atom stereocenters. The van der Waals surface area contributed by atoms with Crippen LogP contribution in [0.25, 0.3) is 0 Å². The maximum absolute atomic E-state index is 12.2. The maximum atomic E-state index is 12.2. The average Bonchev–Trinajstić information content (AvgIpc) is 2.45. The van der Waals surface area contributed by atoms with Crippen molar-refractivity contribution in [2.24, 2.45) is 11.7 Å². The van der Waals surface area contributed by atoms with Crippen LogP contribution in [0.3, 0.4) is 0 Å². The summed E-state index contributed by atoms with van der Waals surface area (Å²) < 4.78 is 0. The molecule has 19 heavy (non-hydrogen) atoms. The lowest BCUT2D eigenvalue weighted by molar-refractivity contribution is -0.133. The van der Waals surface area contributed by atoms with Crippen LogP contribution in [0.1, 0.15) is 46.0 Å². The van der Waals surface area contributed by atoms with Crippen LogP contribution in [0.15, 0.2) is 0 Å². The van der Waals surface area contributed by atoms with Gasteiger partial charge in [0, 0.05) is 32.6 Å². The fraction of sp³-hybridized carbons (Fsp3) is 0.933. The second-order valence-electron chi connectivity index (χ2n) is 5.79. The van der Waals surface area contributed by atoms with Crippen molar-refractivity contribution >= 4 is 5.91 Å². The highest BCUT2D eigenvalue weighted by molar-refractivity contribution is 5.76. The summed E-state index contributed by atoms with van der Waals surface area (Å²) in [6, 6.07) is 0.427. The first-order chi connectivity index (χ1) is 9.12. The van der Waals surface area contributed by atoms with E-state index < -0.39 is 0 Å². The lowest BCUT2D eigenvalue weighted by atomic mass is 9.99. The van der Waals surface area contributed by atoms with E-state index >= 15 is 0 Å². The number of likely N-dealkylation sites (tertiary alicyclic amines) is 1. The number of nitrogens with zero attached hydrogens (tertiary/aromatic N) is 2. The van der Waals surface area contributed by atoms with Crippen LogP contribution >= 0.6 is 0 Å². The lowest BCUT2D eigenvalue weighted by Gasteiger charge is -2.37. The van der Waals surface area contributed by atoms with Crippen LogP contribution in [0.2, 0.25) is 0 Å². The Hall–Kier alpha value is -0.610. The van der Waals surface area contributed by atoms with Crippen molar-refractivity contribution in [2.75, 3.05) is 33.2 Å². The van der Waals surface area contributed by atoms with E-state index in [2.05, 4.69) is 18.7 Å². The first kappa shape index (κ1) is 16.4. The molecule has 1 saturated heterocycles. The Labute approximate surface area is 118 Å². The Morgan fingerprint density at radius 3 is 2.47 bits per heavy atom. The normalized spacial score (nSPS) is 19.4. The predicted octanol–water partition coefficient (Wildman–Crippen LogP) is 1.69. The largest absolute Gasteiger partial charge is 0.343 e. The third-order valence-corrected chi connectivity index (χ3v) is 4.41. The van der Waals surface area contributed by atoms with Gasteiger partial charge in [-0.25, -0.2) is 0 Å². The quantitative estimate of drug-likeness (QED) is 0.765. The standard InChI is InChI=1S/C15H31N3O/c1-4-8-18-9-6-14(7-10-18)17(3)15(19)11-13(5-2)12-16/h13-14H,4-12,16H2,1-3H3. The Morgan fingerprint density at radius 1 is 1.37 bits per heavy atom. The molecule has 2 N–H and O–H groups in total. The first-order valence-corrected chi connectivity index (χ1v) is 7.80. The van der Waals surface area contributed by atoms with E-state index in [9.17, 15) is 4.79 Å². The number of carbonyl (C=O) groups excluding carboxylic acids is 1. The molecule has 4 nitrogen and oxygen atoms in total. The molecule has 1 aliphatic heterocycles. The van der Waals surface area contributed by atoms with Gasteiger partial charge in [0.05, 0.1) is 0 Å².